The molecule has 1 unspecified atom stereocenters. The monoisotopic (exact) mass is 259 g/mol. The van der Waals surface area contributed by atoms with Crippen LogP contribution < -0.4 is 0 Å². The minimum absolute atomic E-state index is 0.0872. The molecule has 3 nitrogen and oxygen atoms in total. The van der Waals surface area contributed by atoms with Gasteiger partial charge in [-0.1, -0.05) is 32.0 Å². The van der Waals surface area contributed by atoms with Crippen molar-refractivity contribution in [1.82, 2.24) is 4.57 Å². The van der Waals surface area contributed by atoms with Crippen molar-refractivity contribution >= 4 is 16.9 Å². The number of carbonyl (C=O) groups excluding carboxylic acids is 1. The van der Waals surface area contributed by atoms with Gasteiger partial charge < -0.3 is 9.30 Å². The van der Waals surface area contributed by atoms with Crippen LogP contribution in [-0.2, 0) is 23.0 Å². The molecule has 2 rings (SSSR count). The van der Waals surface area contributed by atoms with Crippen LogP contribution in [0.3, 0.4) is 0 Å². The van der Waals surface area contributed by atoms with Gasteiger partial charge in [-0.15, -0.1) is 0 Å². The van der Waals surface area contributed by atoms with Gasteiger partial charge in [0, 0.05) is 24.1 Å². The molecule has 102 valence electrons. The van der Waals surface area contributed by atoms with E-state index in [1.54, 1.807) is 0 Å². The number of hydrogen-bond acceptors (Lipinski definition) is 2. The number of rotatable bonds is 4. The normalized spacial score (nSPS) is 12.9. The van der Waals surface area contributed by atoms with Gasteiger partial charge in [0.25, 0.3) is 0 Å². The number of esters is 1. The number of benzene rings is 1. The van der Waals surface area contributed by atoms with Crippen LogP contribution in [0.5, 0.6) is 0 Å². The summed E-state index contributed by atoms with van der Waals surface area (Å²) in [5.41, 5.74) is 2.41. The van der Waals surface area contributed by atoms with Crippen molar-refractivity contribution in [2.45, 2.75) is 20.3 Å². The predicted octanol–water partition coefficient (Wildman–Crippen LogP) is 3.17. The SMILES string of the molecule is COC(=O)C(Cc1cn(C)c2ccccc12)C(C)C. The number of hydrogen-bond donors (Lipinski definition) is 0. The second-order valence-electron chi connectivity index (χ2n) is 5.36. The number of aromatic nitrogens is 1. The standard InChI is InChI=1S/C16H21NO2/c1-11(2)14(16(18)19-4)9-12-10-17(3)15-8-6-5-7-13(12)15/h5-8,10-11,14H,9H2,1-4H3. The molecule has 1 atom stereocenters. The topological polar surface area (TPSA) is 31.2 Å². The second kappa shape index (κ2) is 5.47. The molecule has 0 fully saturated rings. The highest BCUT2D eigenvalue weighted by molar-refractivity contribution is 5.84. The fraction of sp³-hybridized carbons (Fsp3) is 0.438. The lowest BCUT2D eigenvalue weighted by Crippen LogP contribution is -2.23. The Balaban J connectivity index is 2.37. The molecule has 0 bridgehead atoms. The van der Waals surface area contributed by atoms with Crippen LogP contribution in [0.1, 0.15) is 19.4 Å². The minimum atomic E-state index is -0.122. The zero-order valence-corrected chi connectivity index (χ0v) is 12.0. The van der Waals surface area contributed by atoms with Gasteiger partial charge in [-0.25, -0.2) is 0 Å². The fourth-order valence-corrected chi connectivity index (χ4v) is 2.57. The van der Waals surface area contributed by atoms with E-state index in [-0.39, 0.29) is 17.8 Å². The maximum absolute atomic E-state index is 11.9. The molecule has 0 aliphatic rings. The van der Waals surface area contributed by atoms with Gasteiger partial charge in [-0.3, -0.25) is 4.79 Å². The Kier molecular flexibility index (Phi) is 3.93. The van der Waals surface area contributed by atoms with Gasteiger partial charge in [-0.05, 0) is 24.0 Å². The van der Waals surface area contributed by atoms with Crippen molar-refractivity contribution in [3.8, 4) is 0 Å². The van der Waals surface area contributed by atoms with Crippen LogP contribution in [0, 0.1) is 11.8 Å². The molecule has 0 aliphatic carbocycles. The summed E-state index contributed by atoms with van der Waals surface area (Å²) in [6.07, 6.45) is 2.84. The van der Waals surface area contributed by atoms with Gasteiger partial charge >= 0.3 is 5.97 Å². The summed E-state index contributed by atoms with van der Waals surface area (Å²) in [4.78, 5) is 11.9. The molecule has 3 heteroatoms. The highest BCUT2D eigenvalue weighted by atomic mass is 16.5. The van der Waals surface area contributed by atoms with Gasteiger partial charge in [0.05, 0.1) is 13.0 Å². The number of para-hydroxylation sites is 1. The summed E-state index contributed by atoms with van der Waals surface area (Å²) in [7, 11) is 3.50. The molecule has 0 aliphatic heterocycles. The quantitative estimate of drug-likeness (QED) is 0.790. The summed E-state index contributed by atoms with van der Waals surface area (Å²) in [6, 6.07) is 8.28. The van der Waals surface area contributed by atoms with E-state index in [4.69, 9.17) is 4.74 Å². The van der Waals surface area contributed by atoms with Crippen LogP contribution >= 0.6 is 0 Å². The third-order valence-corrected chi connectivity index (χ3v) is 3.73. The summed E-state index contributed by atoms with van der Waals surface area (Å²) in [5, 5.41) is 1.22. The highest BCUT2D eigenvalue weighted by Gasteiger charge is 2.24. The largest absolute Gasteiger partial charge is 0.469 e. The van der Waals surface area contributed by atoms with Crippen molar-refractivity contribution in [3.63, 3.8) is 0 Å². The van der Waals surface area contributed by atoms with Gasteiger partial charge in [0.2, 0.25) is 0 Å². The van der Waals surface area contributed by atoms with E-state index >= 15 is 0 Å². The van der Waals surface area contributed by atoms with Crippen LogP contribution in [0.25, 0.3) is 10.9 Å². The van der Waals surface area contributed by atoms with Crippen LogP contribution in [0.15, 0.2) is 30.5 Å². The average molecular weight is 259 g/mol. The van der Waals surface area contributed by atoms with Crippen LogP contribution in [-0.4, -0.2) is 17.6 Å². The molecule has 0 spiro atoms. The van der Waals surface area contributed by atoms with E-state index in [0.717, 1.165) is 6.42 Å². The Hall–Kier alpha value is -1.77. The molecule has 1 aromatic heterocycles. The Morgan fingerprint density at radius 3 is 2.63 bits per heavy atom. The Morgan fingerprint density at radius 1 is 1.32 bits per heavy atom. The third-order valence-electron chi connectivity index (χ3n) is 3.73. The van der Waals surface area contributed by atoms with Crippen LogP contribution in [0.4, 0.5) is 0 Å². The zero-order valence-electron chi connectivity index (χ0n) is 12.0. The molecule has 0 saturated heterocycles. The van der Waals surface area contributed by atoms with E-state index < -0.39 is 0 Å². The Labute approximate surface area is 114 Å². The first kappa shape index (κ1) is 13.7. The molecule has 1 aromatic carbocycles. The van der Waals surface area contributed by atoms with Crippen molar-refractivity contribution in [2.75, 3.05) is 7.11 Å². The first-order valence-electron chi connectivity index (χ1n) is 6.65. The molecular weight excluding hydrogens is 238 g/mol. The smallest absolute Gasteiger partial charge is 0.309 e. The fourth-order valence-electron chi connectivity index (χ4n) is 2.57. The molecule has 0 N–H and O–H groups in total. The van der Waals surface area contributed by atoms with Crippen LogP contribution in [0.2, 0.25) is 0 Å². The van der Waals surface area contributed by atoms with Crippen molar-refractivity contribution in [2.24, 2.45) is 18.9 Å². The van der Waals surface area contributed by atoms with Crippen molar-refractivity contribution in [1.29, 1.82) is 0 Å². The van der Waals surface area contributed by atoms with Gasteiger partial charge in [0.1, 0.15) is 0 Å². The first-order chi connectivity index (χ1) is 9.04. The summed E-state index contributed by atoms with van der Waals surface area (Å²) in [6.45, 7) is 4.12. The third kappa shape index (κ3) is 2.65. The predicted molar refractivity (Wildman–Crippen MR) is 77.0 cm³/mol. The van der Waals surface area contributed by atoms with E-state index in [9.17, 15) is 4.79 Å². The first-order valence-corrected chi connectivity index (χ1v) is 6.65. The van der Waals surface area contributed by atoms with E-state index in [2.05, 4.69) is 36.7 Å². The molecular formula is C16H21NO2. The Morgan fingerprint density at radius 2 is 2.00 bits per heavy atom. The molecule has 1 heterocycles. The van der Waals surface area contributed by atoms with E-state index in [1.165, 1.54) is 23.6 Å². The van der Waals surface area contributed by atoms with Gasteiger partial charge in [-0.2, -0.15) is 0 Å². The number of methoxy groups -OCH3 is 1. The summed E-state index contributed by atoms with van der Waals surface area (Å²) >= 11 is 0. The molecule has 19 heavy (non-hydrogen) atoms. The van der Waals surface area contributed by atoms with E-state index in [1.807, 2.05) is 19.2 Å². The number of ether oxygens (including phenoxy) is 1. The van der Waals surface area contributed by atoms with Crippen molar-refractivity contribution in [3.05, 3.63) is 36.0 Å². The number of carbonyl (C=O) groups is 1. The number of aryl methyl sites for hydroxylation is 1. The lowest BCUT2D eigenvalue weighted by Gasteiger charge is -2.17. The zero-order chi connectivity index (χ0) is 14.0. The summed E-state index contributed by atoms with van der Waals surface area (Å²) < 4.78 is 7.03. The second-order valence-corrected chi connectivity index (χ2v) is 5.36. The molecule has 0 radical (unpaired) electrons. The number of fused-ring (bicyclic) bond motifs is 1. The molecule has 0 amide bonds. The number of nitrogens with zero attached hydrogens (tertiary/aromatic N) is 1. The molecule has 2 aromatic rings. The Bertz CT molecular complexity index is 583. The lowest BCUT2D eigenvalue weighted by molar-refractivity contribution is -0.146. The van der Waals surface area contributed by atoms with Crippen molar-refractivity contribution < 1.29 is 9.53 Å². The highest BCUT2D eigenvalue weighted by Crippen LogP contribution is 2.26. The summed E-state index contributed by atoms with van der Waals surface area (Å²) in [5.74, 6) is 0.0603. The lowest BCUT2D eigenvalue weighted by atomic mass is 9.89. The molecule has 0 saturated carbocycles. The van der Waals surface area contributed by atoms with E-state index in [0.29, 0.717) is 0 Å². The maximum atomic E-state index is 11.9. The maximum Gasteiger partial charge on any atom is 0.309 e. The average Bonchev–Trinajstić information content (AvgIpc) is 2.72. The van der Waals surface area contributed by atoms with Gasteiger partial charge in [0.15, 0.2) is 0 Å². The minimum Gasteiger partial charge on any atom is -0.469 e.